The molecular weight excluding hydrogens is 928 g/mol. The number of aliphatic hydroxyl groups excluding tert-OH is 1. The van der Waals surface area contributed by atoms with Gasteiger partial charge in [0.05, 0.1) is 19.8 Å². The quantitative estimate of drug-likeness (QED) is 0.0197. The van der Waals surface area contributed by atoms with Crippen LogP contribution in [0.1, 0.15) is 188 Å². The summed E-state index contributed by atoms with van der Waals surface area (Å²) in [5.41, 5.74) is 0. The first-order chi connectivity index (χ1) is 35.2. The fourth-order valence-corrected chi connectivity index (χ4v) is 7.31. The van der Waals surface area contributed by atoms with Gasteiger partial charge in [0.2, 0.25) is 0 Å². The smallest absolute Gasteiger partial charge is 0.462 e. The standard InChI is InChI=1S/C60H95O11P/c1-4-7-10-13-16-19-22-25-26-27-28-29-30-33-34-37-40-43-46-49-58(62)67-53-57(71-60(64)51-48-45-42-39-36-32-24-21-18-15-12-9-6-3)55-69-72(65,66)68-54-56(52-61)70-59(63)50-47-44-41-38-35-31-23-20-17-14-11-8-5-2/h7-12,16-21,25-26,28-29,31-36,56-57,61H,4-6,13-15,22-24,27,30,37-55H2,1-3H3,(H,65,66)/b10-7-,11-8-,12-9-,19-16-,20-17-,21-18-,26-25-,29-28-,34-33-,35-31-,36-32-. The molecule has 0 aromatic carbocycles. The van der Waals surface area contributed by atoms with Gasteiger partial charge in [-0.15, -0.1) is 0 Å². The number of hydrogen-bond acceptors (Lipinski definition) is 10. The normalized spacial score (nSPS) is 14.5. The van der Waals surface area contributed by atoms with Crippen molar-refractivity contribution in [2.24, 2.45) is 0 Å². The summed E-state index contributed by atoms with van der Waals surface area (Å²) in [6, 6.07) is 0. The lowest BCUT2D eigenvalue weighted by atomic mass is 10.1. The lowest BCUT2D eigenvalue weighted by molar-refractivity contribution is -0.161. The zero-order valence-electron chi connectivity index (χ0n) is 44.6. The third-order valence-electron chi connectivity index (χ3n) is 10.6. The Hall–Kier alpha value is -4.38. The van der Waals surface area contributed by atoms with E-state index in [1.54, 1.807) is 0 Å². The summed E-state index contributed by atoms with van der Waals surface area (Å²) in [5.74, 6) is -1.59. The zero-order chi connectivity index (χ0) is 52.7. The van der Waals surface area contributed by atoms with Gasteiger partial charge in [-0.2, -0.15) is 0 Å². The first-order valence-corrected chi connectivity index (χ1v) is 28.6. The minimum Gasteiger partial charge on any atom is -0.462 e. The molecule has 0 amide bonds. The number of hydrogen-bond donors (Lipinski definition) is 2. The van der Waals surface area contributed by atoms with E-state index >= 15 is 0 Å². The number of phosphoric ester groups is 1. The second-order valence-corrected chi connectivity index (χ2v) is 18.7. The molecule has 406 valence electrons. The summed E-state index contributed by atoms with van der Waals surface area (Å²) in [6.45, 7) is 4.15. The second-order valence-electron chi connectivity index (χ2n) is 17.2. The summed E-state index contributed by atoms with van der Waals surface area (Å²) >= 11 is 0. The zero-order valence-corrected chi connectivity index (χ0v) is 45.5. The van der Waals surface area contributed by atoms with E-state index in [4.69, 9.17) is 23.3 Å². The Balaban J connectivity index is 4.86. The molecule has 0 heterocycles. The Morgan fingerprint density at radius 2 is 0.681 bits per heavy atom. The maximum absolute atomic E-state index is 12.9. The topological polar surface area (TPSA) is 155 Å². The van der Waals surface area contributed by atoms with Crippen LogP contribution in [0.15, 0.2) is 134 Å². The van der Waals surface area contributed by atoms with Crippen LogP contribution in [0.5, 0.6) is 0 Å². The SMILES string of the molecule is CC/C=C\C/C=C\C/C=C\C/C=C\C/C=C\CCCCCC(=O)OCC(COP(=O)(O)OCC(CO)OC(=O)CCCCC/C=C\C/C=C\C/C=C\CC)OC(=O)CCCCC/C=C\C/C=C\C/C=C\CC. The fourth-order valence-electron chi connectivity index (χ4n) is 6.53. The van der Waals surface area contributed by atoms with Crippen LogP contribution in [0, 0.1) is 0 Å². The molecule has 0 aromatic heterocycles. The van der Waals surface area contributed by atoms with Crippen molar-refractivity contribution in [3.8, 4) is 0 Å². The van der Waals surface area contributed by atoms with E-state index in [0.29, 0.717) is 19.3 Å². The molecule has 0 bridgehead atoms. The lowest BCUT2D eigenvalue weighted by Gasteiger charge is -2.21. The molecule has 11 nitrogen and oxygen atoms in total. The van der Waals surface area contributed by atoms with Gasteiger partial charge in [0.15, 0.2) is 6.10 Å². The third-order valence-corrected chi connectivity index (χ3v) is 11.5. The highest BCUT2D eigenvalue weighted by Crippen LogP contribution is 2.43. The minimum absolute atomic E-state index is 0.114. The van der Waals surface area contributed by atoms with E-state index in [2.05, 4.69) is 154 Å². The molecule has 0 aliphatic carbocycles. The van der Waals surface area contributed by atoms with Gasteiger partial charge in [-0.05, 0) is 128 Å². The highest BCUT2D eigenvalue weighted by molar-refractivity contribution is 7.47. The Morgan fingerprint density at radius 3 is 1.01 bits per heavy atom. The van der Waals surface area contributed by atoms with Crippen molar-refractivity contribution < 1.29 is 52.2 Å². The van der Waals surface area contributed by atoms with Gasteiger partial charge in [-0.1, -0.05) is 174 Å². The molecule has 0 spiro atoms. The number of aliphatic hydroxyl groups is 1. The maximum atomic E-state index is 12.9. The molecule has 0 saturated heterocycles. The number of phosphoric acid groups is 1. The van der Waals surface area contributed by atoms with E-state index in [0.717, 1.165) is 128 Å². The monoisotopic (exact) mass is 1020 g/mol. The number of carbonyl (C=O) groups excluding carboxylic acids is 3. The fraction of sp³-hybridized carbons (Fsp3) is 0.583. The molecular formula is C60H95O11P. The van der Waals surface area contributed by atoms with E-state index in [1.165, 1.54) is 0 Å². The Kier molecular flexibility index (Phi) is 49.7. The average Bonchev–Trinajstić information content (AvgIpc) is 3.37. The summed E-state index contributed by atoms with van der Waals surface area (Å²) in [5, 5.41) is 9.78. The van der Waals surface area contributed by atoms with E-state index in [9.17, 15) is 28.9 Å². The van der Waals surface area contributed by atoms with E-state index in [1.807, 2.05) is 0 Å². The molecule has 3 atom stereocenters. The van der Waals surface area contributed by atoms with Crippen molar-refractivity contribution in [3.05, 3.63) is 134 Å². The number of rotatable bonds is 48. The summed E-state index contributed by atoms with van der Waals surface area (Å²) in [4.78, 5) is 48.4. The van der Waals surface area contributed by atoms with Crippen molar-refractivity contribution >= 4 is 25.7 Å². The van der Waals surface area contributed by atoms with Crippen LogP contribution in [-0.2, 0) is 42.2 Å². The Labute approximate surface area is 436 Å². The largest absolute Gasteiger partial charge is 0.472 e. The van der Waals surface area contributed by atoms with Crippen LogP contribution in [0.2, 0.25) is 0 Å². The molecule has 3 unspecified atom stereocenters. The third kappa shape index (κ3) is 50.6. The van der Waals surface area contributed by atoms with E-state index < -0.39 is 57.8 Å². The first-order valence-electron chi connectivity index (χ1n) is 27.1. The number of allylic oxidation sites excluding steroid dienone is 22. The summed E-state index contributed by atoms with van der Waals surface area (Å²) in [6.07, 6.45) is 65.7. The Morgan fingerprint density at radius 1 is 0.389 bits per heavy atom. The van der Waals surface area contributed by atoms with Crippen LogP contribution in [0.25, 0.3) is 0 Å². The van der Waals surface area contributed by atoms with Gasteiger partial charge < -0.3 is 24.2 Å². The van der Waals surface area contributed by atoms with Crippen LogP contribution in [0.3, 0.4) is 0 Å². The van der Waals surface area contributed by atoms with Gasteiger partial charge in [0.1, 0.15) is 12.7 Å². The van der Waals surface area contributed by atoms with Crippen molar-refractivity contribution in [1.82, 2.24) is 0 Å². The van der Waals surface area contributed by atoms with Crippen LogP contribution in [-0.4, -0.2) is 66.5 Å². The molecule has 0 rings (SSSR count). The van der Waals surface area contributed by atoms with Crippen molar-refractivity contribution in [2.45, 2.75) is 200 Å². The molecule has 0 aromatic rings. The van der Waals surface area contributed by atoms with Crippen LogP contribution < -0.4 is 0 Å². The van der Waals surface area contributed by atoms with E-state index in [-0.39, 0.29) is 25.9 Å². The molecule has 0 saturated carbocycles. The highest BCUT2D eigenvalue weighted by atomic mass is 31.2. The lowest BCUT2D eigenvalue weighted by Crippen LogP contribution is -2.30. The van der Waals surface area contributed by atoms with Gasteiger partial charge in [0, 0.05) is 19.3 Å². The predicted molar refractivity (Wildman–Crippen MR) is 297 cm³/mol. The summed E-state index contributed by atoms with van der Waals surface area (Å²) in [7, 11) is -4.78. The maximum Gasteiger partial charge on any atom is 0.472 e. The number of carbonyl (C=O) groups is 3. The Bertz CT molecular complexity index is 1710. The second kappa shape index (κ2) is 52.9. The average molecular weight is 1020 g/mol. The number of ether oxygens (including phenoxy) is 3. The van der Waals surface area contributed by atoms with Crippen molar-refractivity contribution in [3.63, 3.8) is 0 Å². The first kappa shape index (κ1) is 67.6. The minimum atomic E-state index is -4.78. The van der Waals surface area contributed by atoms with Gasteiger partial charge >= 0.3 is 25.7 Å². The molecule has 12 heteroatoms. The van der Waals surface area contributed by atoms with Crippen molar-refractivity contribution in [1.29, 1.82) is 0 Å². The molecule has 2 N–H and O–H groups in total. The molecule has 0 aliphatic heterocycles. The number of esters is 3. The van der Waals surface area contributed by atoms with Gasteiger partial charge in [-0.25, -0.2) is 4.57 Å². The number of unbranched alkanes of at least 4 members (excludes halogenated alkanes) is 9. The molecule has 0 fully saturated rings. The van der Waals surface area contributed by atoms with Gasteiger partial charge in [0.25, 0.3) is 0 Å². The highest BCUT2D eigenvalue weighted by Gasteiger charge is 2.28. The van der Waals surface area contributed by atoms with Gasteiger partial charge in [-0.3, -0.25) is 23.4 Å². The van der Waals surface area contributed by atoms with Crippen LogP contribution >= 0.6 is 7.82 Å². The summed E-state index contributed by atoms with van der Waals surface area (Å²) < 4.78 is 39.3. The molecule has 0 aliphatic rings. The molecule has 72 heavy (non-hydrogen) atoms. The van der Waals surface area contributed by atoms with Crippen molar-refractivity contribution in [2.75, 3.05) is 26.4 Å². The van der Waals surface area contributed by atoms with Crippen LogP contribution in [0.4, 0.5) is 0 Å². The molecule has 0 radical (unpaired) electrons. The predicted octanol–water partition coefficient (Wildman–Crippen LogP) is 15.8.